The zero-order valence-electron chi connectivity index (χ0n) is 11.9. The number of piperazine rings is 1. The summed E-state index contributed by atoms with van der Waals surface area (Å²) in [4.78, 5) is 16.2. The van der Waals surface area contributed by atoms with Crippen molar-refractivity contribution in [2.75, 3.05) is 32.7 Å². The topological polar surface area (TPSA) is 23.6 Å². The third kappa shape index (κ3) is 4.07. The Morgan fingerprint density at radius 2 is 2.06 bits per heavy atom. The predicted octanol–water partition coefficient (Wildman–Crippen LogP) is 2.02. The van der Waals surface area contributed by atoms with E-state index >= 15 is 0 Å². The van der Waals surface area contributed by atoms with Crippen LogP contribution in [0.1, 0.15) is 40.5 Å². The van der Waals surface area contributed by atoms with Crippen LogP contribution in [-0.2, 0) is 4.79 Å². The van der Waals surface area contributed by atoms with Crippen LogP contribution in [0.15, 0.2) is 0 Å². The van der Waals surface area contributed by atoms with Gasteiger partial charge in [0.1, 0.15) is 6.29 Å². The summed E-state index contributed by atoms with van der Waals surface area (Å²) in [7, 11) is 0. The highest BCUT2D eigenvalue weighted by atomic mass is 16.1. The third-order valence-electron chi connectivity index (χ3n) is 3.95. The molecule has 0 N–H and O–H groups in total. The van der Waals surface area contributed by atoms with Crippen molar-refractivity contribution in [3.63, 3.8) is 0 Å². The van der Waals surface area contributed by atoms with E-state index in [0.29, 0.717) is 6.04 Å². The second-order valence-electron chi connectivity index (χ2n) is 5.73. The van der Waals surface area contributed by atoms with E-state index in [0.717, 1.165) is 51.9 Å². The third-order valence-corrected chi connectivity index (χ3v) is 3.95. The molecule has 100 valence electrons. The van der Waals surface area contributed by atoms with Gasteiger partial charge in [0.25, 0.3) is 0 Å². The zero-order chi connectivity index (χ0) is 12.9. The number of carbonyl (C=O) groups excluding carboxylic acids is 1. The molecule has 1 heterocycles. The fraction of sp³-hybridized carbons (Fsp3) is 0.929. The molecule has 0 radical (unpaired) electrons. The molecule has 2 unspecified atom stereocenters. The molecule has 0 aromatic carbocycles. The fourth-order valence-electron chi connectivity index (χ4n) is 2.94. The van der Waals surface area contributed by atoms with Crippen LogP contribution < -0.4 is 0 Å². The van der Waals surface area contributed by atoms with Gasteiger partial charge in [-0.1, -0.05) is 27.2 Å². The summed E-state index contributed by atoms with van der Waals surface area (Å²) in [6.45, 7) is 14.2. The van der Waals surface area contributed by atoms with Gasteiger partial charge in [0, 0.05) is 37.6 Å². The first-order valence-corrected chi connectivity index (χ1v) is 6.97. The van der Waals surface area contributed by atoms with Crippen LogP contribution >= 0.6 is 0 Å². The van der Waals surface area contributed by atoms with Crippen molar-refractivity contribution in [3.8, 4) is 0 Å². The molecule has 17 heavy (non-hydrogen) atoms. The van der Waals surface area contributed by atoms with E-state index in [1.165, 1.54) is 0 Å². The summed E-state index contributed by atoms with van der Waals surface area (Å²) in [6, 6.07) is 0.617. The van der Waals surface area contributed by atoms with Crippen LogP contribution in [0.25, 0.3) is 0 Å². The van der Waals surface area contributed by atoms with E-state index in [2.05, 4.69) is 37.5 Å². The molecule has 1 saturated heterocycles. The van der Waals surface area contributed by atoms with E-state index in [4.69, 9.17) is 0 Å². The van der Waals surface area contributed by atoms with Gasteiger partial charge in [-0.3, -0.25) is 9.80 Å². The Kier molecular flexibility index (Phi) is 5.60. The van der Waals surface area contributed by atoms with Gasteiger partial charge in [-0.2, -0.15) is 0 Å². The molecule has 1 fully saturated rings. The number of hydrogen-bond donors (Lipinski definition) is 0. The van der Waals surface area contributed by atoms with Crippen molar-refractivity contribution in [1.82, 2.24) is 9.80 Å². The lowest BCUT2D eigenvalue weighted by Crippen LogP contribution is -2.53. The van der Waals surface area contributed by atoms with Crippen LogP contribution in [0.5, 0.6) is 0 Å². The second-order valence-corrected chi connectivity index (χ2v) is 5.73. The smallest absolute Gasteiger partial charge is 0.127 e. The summed E-state index contributed by atoms with van der Waals surface area (Å²) in [6.07, 6.45) is 3.24. The normalized spacial score (nSPS) is 26.7. The Morgan fingerprint density at radius 1 is 1.35 bits per heavy atom. The average molecular weight is 240 g/mol. The molecule has 1 aliphatic rings. The van der Waals surface area contributed by atoms with Crippen molar-refractivity contribution in [2.45, 2.75) is 46.6 Å². The van der Waals surface area contributed by atoms with E-state index in [1.807, 2.05) is 0 Å². The molecule has 1 aliphatic heterocycles. The summed E-state index contributed by atoms with van der Waals surface area (Å²) in [5.41, 5.74) is -0.150. The number of likely N-dealkylation sites (N-methyl/N-ethyl adjacent to an activating group) is 1. The molecule has 2 atom stereocenters. The molecular formula is C14H28N2O. The Morgan fingerprint density at radius 3 is 2.53 bits per heavy atom. The monoisotopic (exact) mass is 240 g/mol. The molecule has 1 rings (SSSR count). The predicted molar refractivity (Wildman–Crippen MR) is 72.2 cm³/mol. The maximum Gasteiger partial charge on any atom is 0.127 e. The Labute approximate surface area is 106 Å². The Bertz CT molecular complexity index is 244. The minimum atomic E-state index is -0.150. The van der Waals surface area contributed by atoms with Gasteiger partial charge in [-0.15, -0.1) is 0 Å². The molecule has 3 nitrogen and oxygen atoms in total. The minimum absolute atomic E-state index is 0.150. The lowest BCUT2D eigenvalue weighted by molar-refractivity contribution is -0.117. The van der Waals surface area contributed by atoms with Crippen molar-refractivity contribution < 1.29 is 4.79 Å². The van der Waals surface area contributed by atoms with Crippen molar-refractivity contribution in [1.29, 1.82) is 0 Å². The second kappa shape index (κ2) is 6.50. The molecular weight excluding hydrogens is 212 g/mol. The van der Waals surface area contributed by atoms with Gasteiger partial charge in [-0.25, -0.2) is 0 Å². The summed E-state index contributed by atoms with van der Waals surface area (Å²) in [5.74, 6) is 0. The van der Waals surface area contributed by atoms with Gasteiger partial charge >= 0.3 is 0 Å². The first-order chi connectivity index (χ1) is 8.04. The van der Waals surface area contributed by atoms with E-state index in [-0.39, 0.29) is 5.41 Å². The van der Waals surface area contributed by atoms with Gasteiger partial charge in [0.05, 0.1) is 0 Å². The maximum absolute atomic E-state index is 11.3. The quantitative estimate of drug-likeness (QED) is 0.664. The van der Waals surface area contributed by atoms with Gasteiger partial charge in [0.2, 0.25) is 0 Å². The zero-order valence-corrected chi connectivity index (χ0v) is 11.9. The molecule has 0 amide bonds. The number of nitrogens with zero attached hydrogens (tertiary/aromatic N) is 2. The standard InChI is InChI=1S/C14H28N2O/c1-5-7-14(4,12-17)11-15-8-9-16(6-2)13(3)10-15/h12-13H,5-11H2,1-4H3. The van der Waals surface area contributed by atoms with Gasteiger partial charge in [0.15, 0.2) is 0 Å². The highest BCUT2D eigenvalue weighted by Crippen LogP contribution is 2.23. The molecule has 0 bridgehead atoms. The SMILES string of the molecule is CCCC(C)(C=O)CN1CCN(CC)C(C)C1. The highest BCUT2D eigenvalue weighted by molar-refractivity contribution is 5.59. The number of rotatable bonds is 6. The Balaban J connectivity index is 2.50. The lowest BCUT2D eigenvalue weighted by Gasteiger charge is -2.42. The van der Waals surface area contributed by atoms with Crippen molar-refractivity contribution in [3.05, 3.63) is 0 Å². The summed E-state index contributed by atoms with van der Waals surface area (Å²) >= 11 is 0. The van der Waals surface area contributed by atoms with E-state index in [1.54, 1.807) is 0 Å². The molecule has 0 saturated carbocycles. The van der Waals surface area contributed by atoms with Crippen LogP contribution in [0.3, 0.4) is 0 Å². The Hall–Kier alpha value is -0.410. The molecule has 0 spiro atoms. The van der Waals surface area contributed by atoms with E-state index < -0.39 is 0 Å². The van der Waals surface area contributed by atoms with Crippen LogP contribution in [-0.4, -0.2) is 54.9 Å². The number of aldehydes is 1. The maximum atomic E-state index is 11.3. The largest absolute Gasteiger partial charge is 0.303 e. The molecule has 0 aromatic heterocycles. The number of carbonyl (C=O) groups is 1. The van der Waals surface area contributed by atoms with Crippen LogP contribution in [0.2, 0.25) is 0 Å². The first-order valence-electron chi connectivity index (χ1n) is 6.97. The van der Waals surface area contributed by atoms with E-state index in [9.17, 15) is 4.79 Å². The van der Waals surface area contributed by atoms with Crippen LogP contribution in [0.4, 0.5) is 0 Å². The van der Waals surface area contributed by atoms with Gasteiger partial charge < -0.3 is 4.79 Å². The number of hydrogen-bond acceptors (Lipinski definition) is 3. The van der Waals surface area contributed by atoms with Gasteiger partial charge in [-0.05, 0) is 19.9 Å². The highest BCUT2D eigenvalue weighted by Gasteiger charge is 2.29. The minimum Gasteiger partial charge on any atom is -0.303 e. The fourth-order valence-corrected chi connectivity index (χ4v) is 2.94. The summed E-state index contributed by atoms with van der Waals surface area (Å²) < 4.78 is 0. The van der Waals surface area contributed by atoms with Crippen molar-refractivity contribution in [2.24, 2.45) is 5.41 Å². The molecule has 0 aliphatic carbocycles. The summed E-state index contributed by atoms with van der Waals surface area (Å²) in [5, 5.41) is 0. The molecule has 0 aromatic rings. The van der Waals surface area contributed by atoms with Crippen molar-refractivity contribution >= 4 is 6.29 Å². The van der Waals surface area contributed by atoms with Crippen LogP contribution in [0, 0.1) is 5.41 Å². The molecule has 3 heteroatoms. The first kappa shape index (κ1) is 14.7. The lowest BCUT2D eigenvalue weighted by atomic mass is 9.86. The average Bonchev–Trinajstić information content (AvgIpc) is 2.29.